The lowest BCUT2D eigenvalue weighted by molar-refractivity contribution is -0.143. The van der Waals surface area contributed by atoms with Gasteiger partial charge in [-0.15, -0.1) is 0 Å². The molecule has 1 amide bonds. The number of ether oxygens (including phenoxy) is 3. The fourth-order valence-electron chi connectivity index (χ4n) is 3.61. The van der Waals surface area contributed by atoms with Crippen LogP contribution in [0.5, 0.6) is 11.5 Å². The molecule has 0 saturated carbocycles. The minimum atomic E-state index is -0.375. The molecule has 0 spiro atoms. The number of rotatable bonds is 6. The topological polar surface area (TPSA) is 65.1 Å². The number of carbonyl (C=O) groups is 2. The first-order chi connectivity index (χ1) is 13.6. The van der Waals surface area contributed by atoms with Crippen LogP contribution in [0.2, 0.25) is 0 Å². The standard InChI is InChI=1S/C22H25NO5/c1-4-27-19-11-7-8-12-20(19)28-14-21(24)23-15(2)13-17(22(25)26-3)16-9-5-6-10-18(16)23/h5-12,15,17H,4,13-14H2,1-3H3. The van der Waals surface area contributed by atoms with Crippen LogP contribution in [0.4, 0.5) is 5.69 Å². The SMILES string of the molecule is CCOc1ccccc1OCC(=O)N1c2ccccc2C(C(=O)OC)CC1C. The second kappa shape index (κ2) is 8.78. The number of hydrogen-bond acceptors (Lipinski definition) is 5. The summed E-state index contributed by atoms with van der Waals surface area (Å²) in [6, 6.07) is 14.6. The third-order valence-electron chi connectivity index (χ3n) is 4.84. The van der Waals surface area contributed by atoms with E-state index in [9.17, 15) is 9.59 Å². The normalized spacial score (nSPS) is 18.2. The molecule has 0 aromatic heterocycles. The van der Waals surface area contributed by atoms with E-state index in [4.69, 9.17) is 14.2 Å². The summed E-state index contributed by atoms with van der Waals surface area (Å²) in [4.78, 5) is 26.9. The van der Waals surface area contributed by atoms with Crippen molar-refractivity contribution in [2.45, 2.75) is 32.2 Å². The van der Waals surface area contributed by atoms with Gasteiger partial charge in [-0.1, -0.05) is 30.3 Å². The monoisotopic (exact) mass is 383 g/mol. The number of benzene rings is 2. The van der Waals surface area contributed by atoms with Crippen molar-refractivity contribution >= 4 is 17.6 Å². The average molecular weight is 383 g/mol. The van der Waals surface area contributed by atoms with E-state index >= 15 is 0 Å². The van der Waals surface area contributed by atoms with Gasteiger partial charge in [-0.2, -0.15) is 0 Å². The maximum atomic E-state index is 13.0. The highest BCUT2D eigenvalue weighted by atomic mass is 16.5. The second-order valence-corrected chi connectivity index (χ2v) is 6.65. The van der Waals surface area contributed by atoms with Crippen LogP contribution in [-0.2, 0) is 14.3 Å². The first kappa shape index (κ1) is 19.7. The summed E-state index contributed by atoms with van der Waals surface area (Å²) in [6.07, 6.45) is 0.505. The molecule has 0 bridgehead atoms. The molecule has 0 saturated heterocycles. The maximum Gasteiger partial charge on any atom is 0.313 e. The number of fused-ring (bicyclic) bond motifs is 1. The van der Waals surface area contributed by atoms with Gasteiger partial charge in [0.1, 0.15) is 0 Å². The summed E-state index contributed by atoms with van der Waals surface area (Å²) in [6.45, 7) is 4.22. The number of nitrogens with zero attached hydrogens (tertiary/aromatic N) is 1. The largest absolute Gasteiger partial charge is 0.490 e. The highest BCUT2D eigenvalue weighted by Crippen LogP contribution is 2.39. The summed E-state index contributed by atoms with van der Waals surface area (Å²) < 4.78 is 16.3. The lowest BCUT2D eigenvalue weighted by Gasteiger charge is -2.38. The van der Waals surface area contributed by atoms with Gasteiger partial charge in [-0.3, -0.25) is 9.59 Å². The fourth-order valence-corrected chi connectivity index (χ4v) is 3.61. The van der Waals surface area contributed by atoms with Gasteiger partial charge in [0.15, 0.2) is 18.1 Å². The number of amides is 1. The Hall–Kier alpha value is -3.02. The van der Waals surface area contributed by atoms with Gasteiger partial charge < -0.3 is 19.1 Å². The summed E-state index contributed by atoms with van der Waals surface area (Å²) >= 11 is 0. The molecular weight excluding hydrogens is 358 g/mol. The van der Waals surface area contributed by atoms with E-state index in [2.05, 4.69) is 0 Å². The van der Waals surface area contributed by atoms with Crippen LogP contribution < -0.4 is 14.4 Å². The molecule has 0 N–H and O–H groups in total. The number of methoxy groups -OCH3 is 1. The highest BCUT2D eigenvalue weighted by Gasteiger charge is 2.37. The molecule has 2 atom stereocenters. The second-order valence-electron chi connectivity index (χ2n) is 6.65. The highest BCUT2D eigenvalue weighted by molar-refractivity contribution is 5.98. The molecule has 0 fully saturated rings. The average Bonchev–Trinajstić information content (AvgIpc) is 2.72. The molecule has 2 unspecified atom stereocenters. The van der Waals surface area contributed by atoms with Crippen LogP contribution in [0.25, 0.3) is 0 Å². The number of carbonyl (C=O) groups excluding carboxylic acids is 2. The summed E-state index contributed by atoms with van der Waals surface area (Å²) in [5.74, 6) is 0.307. The van der Waals surface area contributed by atoms with E-state index in [0.717, 1.165) is 11.3 Å². The molecule has 0 radical (unpaired) electrons. The first-order valence-corrected chi connectivity index (χ1v) is 9.40. The molecule has 2 aromatic rings. The van der Waals surface area contributed by atoms with E-state index < -0.39 is 0 Å². The van der Waals surface area contributed by atoms with Crippen molar-refractivity contribution in [3.05, 3.63) is 54.1 Å². The Morgan fingerprint density at radius 3 is 2.36 bits per heavy atom. The molecule has 1 aliphatic heterocycles. The number of hydrogen-bond donors (Lipinski definition) is 0. The molecule has 0 aliphatic carbocycles. The Morgan fingerprint density at radius 2 is 1.68 bits per heavy atom. The van der Waals surface area contributed by atoms with Crippen molar-refractivity contribution in [3.63, 3.8) is 0 Å². The Morgan fingerprint density at radius 1 is 1.04 bits per heavy atom. The zero-order valence-electron chi connectivity index (χ0n) is 16.4. The summed E-state index contributed by atoms with van der Waals surface area (Å²) in [5.41, 5.74) is 1.53. The summed E-state index contributed by atoms with van der Waals surface area (Å²) in [5, 5.41) is 0. The molecule has 28 heavy (non-hydrogen) atoms. The molecule has 2 aromatic carbocycles. The lowest BCUT2D eigenvalue weighted by Crippen LogP contribution is -2.46. The van der Waals surface area contributed by atoms with Crippen molar-refractivity contribution in [1.29, 1.82) is 0 Å². The van der Waals surface area contributed by atoms with Gasteiger partial charge in [-0.25, -0.2) is 0 Å². The van der Waals surface area contributed by atoms with E-state index in [0.29, 0.717) is 24.5 Å². The fraction of sp³-hybridized carbons (Fsp3) is 0.364. The van der Waals surface area contributed by atoms with E-state index in [-0.39, 0.29) is 30.4 Å². The minimum Gasteiger partial charge on any atom is -0.490 e. The maximum absolute atomic E-state index is 13.0. The van der Waals surface area contributed by atoms with Crippen molar-refractivity contribution in [1.82, 2.24) is 0 Å². The van der Waals surface area contributed by atoms with E-state index in [1.807, 2.05) is 56.3 Å². The molecule has 3 rings (SSSR count). The Balaban J connectivity index is 1.81. The summed E-state index contributed by atoms with van der Waals surface area (Å²) in [7, 11) is 1.39. The molecule has 1 heterocycles. The molecule has 148 valence electrons. The minimum absolute atomic E-state index is 0.119. The van der Waals surface area contributed by atoms with Crippen molar-refractivity contribution in [2.24, 2.45) is 0 Å². The van der Waals surface area contributed by atoms with Gasteiger partial charge in [0.05, 0.1) is 19.6 Å². The smallest absolute Gasteiger partial charge is 0.313 e. The van der Waals surface area contributed by atoms with Gasteiger partial charge >= 0.3 is 5.97 Å². The van der Waals surface area contributed by atoms with Gasteiger partial charge in [-0.05, 0) is 44.0 Å². The van der Waals surface area contributed by atoms with Crippen molar-refractivity contribution in [3.8, 4) is 11.5 Å². The van der Waals surface area contributed by atoms with Crippen molar-refractivity contribution in [2.75, 3.05) is 25.2 Å². The van der Waals surface area contributed by atoms with Crippen LogP contribution in [-0.4, -0.2) is 38.2 Å². The number of esters is 1. The predicted octanol–water partition coefficient (Wildman–Crippen LogP) is 3.55. The zero-order valence-corrected chi connectivity index (χ0v) is 16.4. The van der Waals surface area contributed by atoms with E-state index in [1.54, 1.807) is 11.0 Å². The molecule has 1 aliphatic rings. The van der Waals surface area contributed by atoms with Crippen LogP contribution in [0, 0.1) is 0 Å². The van der Waals surface area contributed by atoms with Crippen LogP contribution >= 0.6 is 0 Å². The number of para-hydroxylation sites is 3. The van der Waals surface area contributed by atoms with Gasteiger partial charge in [0, 0.05) is 11.7 Å². The first-order valence-electron chi connectivity index (χ1n) is 9.40. The molecule has 6 nitrogen and oxygen atoms in total. The third kappa shape index (κ3) is 3.96. The van der Waals surface area contributed by atoms with Crippen LogP contribution in [0.15, 0.2) is 48.5 Å². The predicted molar refractivity (Wildman–Crippen MR) is 106 cm³/mol. The quantitative estimate of drug-likeness (QED) is 0.714. The van der Waals surface area contributed by atoms with Crippen LogP contribution in [0.1, 0.15) is 31.7 Å². The lowest BCUT2D eigenvalue weighted by atomic mass is 9.86. The van der Waals surface area contributed by atoms with E-state index in [1.165, 1.54) is 7.11 Å². The van der Waals surface area contributed by atoms with Crippen LogP contribution in [0.3, 0.4) is 0 Å². The van der Waals surface area contributed by atoms with Gasteiger partial charge in [0.2, 0.25) is 0 Å². The van der Waals surface area contributed by atoms with Gasteiger partial charge in [0.25, 0.3) is 5.91 Å². The zero-order chi connectivity index (χ0) is 20.1. The molecular formula is C22H25NO5. The Labute approximate surface area is 165 Å². The Kier molecular flexibility index (Phi) is 6.19. The molecule has 6 heteroatoms. The number of anilines is 1. The Bertz CT molecular complexity index is 850. The third-order valence-corrected chi connectivity index (χ3v) is 4.84. The van der Waals surface area contributed by atoms with Crippen molar-refractivity contribution < 1.29 is 23.8 Å².